The number of aromatic hydroxyl groups is 2. The average Bonchev–Trinajstić information content (AvgIpc) is 3.16. The second-order valence-electron chi connectivity index (χ2n) is 8.58. The summed E-state index contributed by atoms with van der Waals surface area (Å²) in [6.07, 6.45) is 0.0866. The maximum absolute atomic E-state index is 9.85. The molecule has 5 rings (SSSR count). The van der Waals surface area contributed by atoms with Crippen molar-refractivity contribution < 1.29 is 30.0 Å². The molecule has 182 valence electrons. The predicted octanol–water partition coefficient (Wildman–Crippen LogP) is 5.79. The smallest absolute Gasteiger partial charge is 0.303 e. The summed E-state index contributed by atoms with van der Waals surface area (Å²) in [6, 6.07) is 31.9. The lowest BCUT2D eigenvalue weighted by Crippen LogP contribution is -2.28. The molecule has 1 aliphatic rings. The predicted molar refractivity (Wildman–Crippen MR) is 136 cm³/mol. The lowest BCUT2D eigenvalue weighted by atomic mass is 9.68. The van der Waals surface area contributed by atoms with Crippen LogP contribution < -0.4 is 0 Å². The topological polar surface area (TPSA) is 115 Å². The normalized spacial score (nSPS) is 12.6. The third-order valence-corrected chi connectivity index (χ3v) is 6.33. The molecule has 0 amide bonds. The number of aliphatic carboxylic acids is 2. The van der Waals surface area contributed by atoms with E-state index in [0.29, 0.717) is 0 Å². The van der Waals surface area contributed by atoms with Crippen molar-refractivity contribution in [3.05, 3.63) is 119 Å². The number of phenolic OH excluding ortho intramolecular Hbond substituents is 2. The standard InChI is InChI=1S/C25H18O2.C5H8O4/c26-19-13-9-17(10-14-19)25(18-11-15-20(27)16-12-18)23-7-3-1-5-21(23)22-6-2-4-8-24(22)25;6-4(7)2-1-3-5(8)9/h1-16,26-27H;1-3H2,(H,6,7)(H,8,9). The number of carboxylic acids is 2. The number of carbonyl (C=O) groups is 2. The van der Waals surface area contributed by atoms with E-state index in [-0.39, 0.29) is 30.8 Å². The zero-order valence-corrected chi connectivity index (χ0v) is 19.5. The van der Waals surface area contributed by atoms with Crippen LogP contribution in [-0.2, 0) is 15.0 Å². The molecule has 4 aromatic rings. The van der Waals surface area contributed by atoms with Gasteiger partial charge in [-0.3, -0.25) is 9.59 Å². The molecule has 0 fully saturated rings. The fourth-order valence-corrected chi connectivity index (χ4v) is 4.84. The summed E-state index contributed by atoms with van der Waals surface area (Å²) in [4.78, 5) is 19.6. The fourth-order valence-electron chi connectivity index (χ4n) is 4.84. The van der Waals surface area contributed by atoms with Crippen LogP contribution in [0.1, 0.15) is 41.5 Å². The van der Waals surface area contributed by atoms with Crippen molar-refractivity contribution in [3.8, 4) is 22.6 Å². The van der Waals surface area contributed by atoms with E-state index in [2.05, 4.69) is 48.5 Å². The van der Waals surface area contributed by atoms with Crippen LogP contribution in [0.5, 0.6) is 11.5 Å². The second kappa shape index (κ2) is 10.4. The Hall–Kier alpha value is -4.58. The molecule has 0 heterocycles. The summed E-state index contributed by atoms with van der Waals surface area (Å²) in [6.45, 7) is 0. The molecule has 0 atom stereocenters. The first kappa shape index (κ1) is 24.5. The molecule has 0 aliphatic heterocycles. The second-order valence-corrected chi connectivity index (χ2v) is 8.58. The van der Waals surface area contributed by atoms with Gasteiger partial charge in [-0.25, -0.2) is 0 Å². The molecule has 6 nitrogen and oxygen atoms in total. The zero-order chi connectivity index (χ0) is 25.7. The third-order valence-electron chi connectivity index (χ3n) is 6.33. The first-order chi connectivity index (χ1) is 17.3. The van der Waals surface area contributed by atoms with Crippen LogP contribution in [0.25, 0.3) is 11.1 Å². The van der Waals surface area contributed by atoms with Crippen LogP contribution in [0, 0.1) is 0 Å². The Bertz CT molecular complexity index is 1270. The van der Waals surface area contributed by atoms with Gasteiger partial charge < -0.3 is 20.4 Å². The van der Waals surface area contributed by atoms with Crippen molar-refractivity contribution in [2.24, 2.45) is 0 Å². The number of benzene rings is 4. The Labute approximate surface area is 208 Å². The van der Waals surface area contributed by atoms with Gasteiger partial charge in [-0.05, 0) is 64.1 Å². The van der Waals surface area contributed by atoms with Crippen molar-refractivity contribution in [2.45, 2.75) is 24.7 Å². The quantitative estimate of drug-likeness (QED) is 0.244. The maximum atomic E-state index is 9.85. The van der Waals surface area contributed by atoms with Crippen LogP contribution >= 0.6 is 0 Å². The van der Waals surface area contributed by atoms with Gasteiger partial charge in [-0.15, -0.1) is 0 Å². The molecular weight excluding hydrogens is 456 g/mol. The molecule has 0 saturated heterocycles. The van der Waals surface area contributed by atoms with E-state index in [1.807, 2.05) is 24.3 Å². The van der Waals surface area contributed by atoms with E-state index in [9.17, 15) is 19.8 Å². The first-order valence-electron chi connectivity index (χ1n) is 11.6. The van der Waals surface area contributed by atoms with Gasteiger partial charge in [0.05, 0.1) is 5.41 Å². The number of fused-ring (bicyclic) bond motifs is 3. The minimum atomic E-state index is -0.948. The van der Waals surface area contributed by atoms with Crippen LogP contribution in [0.15, 0.2) is 97.1 Å². The lowest BCUT2D eigenvalue weighted by Gasteiger charge is -2.33. The Balaban J connectivity index is 0.000000292. The minimum absolute atomic E-state index is 0.0632. The summed E-state index contributed by atoms with van der Waals surface area (Å²) in [5, 5.41) is 35.8. The highest BCUT2D eigenvalue weighted by Gasteiger charge is 2.45. The third kappa shape index (κ3) is 4.66. The summed E-state index contributed by atoms with van der Waals surface area (Å²) >= 11 is 0. The summed E-state index contributed by atoms with van der Waals surface area (Å²) in [5.41, 5.74) is 6.54. The molecule has 0 radical (unpaired) electrons. The van der Waals surface area contributed by atoms with Crippen molar-refractivity contribution in [1.82, 2.24) is 0 Å². The Kier molecular flexibility index (Phi) is 7.06. The molecular formula is C30H26O6. The van der Waals surface area contributed by atoms with E-state index in [4.69, 9.17) is 10.2 Å². The summed E-state index contributed by atoms with van der Waals surface area (Å²) in [5.74, 6) is -1.40. The van der Waals surface area contributed by atoms with E-state index < -0.39 is 17.4 Å². The molecule has 36 heavy (non-hydrogen) atoms. The van der Waals surface area contributed by atoms with Crippen molar-refractivity contribution >= 4 is 11.9 Å². The molecule has 0 bridgehead atoms. The number of phenols is 2. The van der Waals surface area contributed by atoms with E-state index >= 15 is 0 Å². The Morgan fingerprint density at radius 2 is 0.917 bits per heavy atom. The van der Waals surface area contributed by atoms with Crippen LogP contribution in [0.4, 0.5) is 0 Å². The van der Waals surface area contributed by atoms with Gasteiger partial charge in [-0.1, -0.05) is 72.8 Å². The monoisotopic (exact) mass is 482 g/mol. The first-order valence-corrected chi connectivity index (χ1v) is 11.6. The molecule has 4 N–H and O–H groups in total. The van der Waals surface area contributed by atoms with Gasteiger partial charge in [0.25, 0.3) is 0 Å². The maximum Gasteiger partial charge on any atom is 0.303 e. The number of rotatable bonds is 6. The molecule has 1 aliphatic carbocycles. The van der Waals surface area contributed by atoms with Crippen LogP contribution in [0.3, 0.4) is 0 Å². The Morgan fingerprint density at radius 3 is 1.28 bits per heavy atom. The minimum Gasteiger partial charge on any atom is -0.508 e. The van der Waals surface area contributed by atoms with Gasteiger partial charge >= 0.3 is 11.9 Å². The average molecular weight is 483 g/mol. The van der Waals surface area contributed by atoms with E-state index in [0.717, 1.165) is 11.1 Å². The van der Waals surface area contributed by atoms with Gasteiger partial charge in [-0.2, -0.15) is 0 Å². The molecule has 6 heteroatoms. The molecule has 4 aromatic carbocycles. The van der Waals surface area contributed by atoms with Gasteiger partial charge in [0.15, 0.2) is 0 Å². The van der Waals surface area contributed by atoms with Gasteiger partial charge in [0.1, 0.15) is 11.5 Å². The Morgan fingerprint density at radius 1 is 0.556 bits per heavy atom. The SMILES string of the molecule is O=C(O)CCCC(=O)O.Oc1ccc(C2(c3ccc(O)cc3)c3ccccc3-c3ccccc32)cc1. The van der Waals surface area contributed by atoms with Crippen molar-refractivity contribution in [1.29, 1.82) is 0 Å². The zero-order valence-electron chi connectivity index (χ0n) is 19.5. The van der Waals surface area contributed by atoms with Gasteiger partial charge in [0, 0.05) is 12.8 Å². The van der Waals surface area contributed by atoms with E-state index in [1.54, 1.807) is 24.3 Å². The molecule has 0 saturated carbocycles. The van der Waals surface area contributed by atoms with Crippen LogP contribution in [-0.4, -0.2) is 32.4 Å². The fraction of sp³-hybridized carbons (Fsp3) is 0.133. The molecule has 0 aromatic heterocycles. The van der Waals surface area contributed by atoms with Crippen LogP contribution in [0.2, 0.25) is 0 Å². The molecule has 0 unspecified atom stereocenters. The number of carboxylic acid groups (broad SMARTS) is 2. The highest BCUT2D eigenvalue weighted by molar-refractivity contribution is 5.86. The summed E-state index contributed by atoms with van der Waals surface area (Å²) in [7, 11) is 0. The largest absolute Gasteiger partial charge is 0.508 e. The number of hydrogen-bond donors (Lipinski definition) is 4. The summed E-state index contributed by atoms with van der Waals surface area (Å²) < 4.78 is 0. The van der Waals surface area contributed by atoms with E-state index in [1.165, 1.54) is 22.3 Å². The lowest BCUT2D eigenvalue weighted by molar-refractivity contribution is -0.138. The highest BCUT2D eigenvalue weighted by atomic mass is 16.4. The molecule has 0 spiro atoms. The van der Waals surface area contributed by atoms with Crippen molar-refractivity contribution in [3.63, 3.8) is 0 Å². The van der Waals surface area contributed by atoms with Gasteiger partial charge in [0.2, 0.25) is 0 Å². The van der Waals surface area contributed by atoms with Crippen molar-refractivity contribution in [2.75, 3.05) is 0 Å². The number of hydrogen-bond acceptors (Lipinski definition) is 4. The highest BCUT2D eigenvalue weighted by Crippen LogP contribution is 2.56.